The molecule has 0 fully saturated rings. The van der Waals surface area contributed by atoms with Gasteiger partial charge in [0, 0.05) is 0 Å². The van der Waals surface area contributed by atoms with Gasteiger partial charge in [0.2, 0.25) is 4.24 Å². The molecule has 0 saturated heterocycles. The molecule has 0 aliphatic rings. The van der Waals surface area contributed by atoms with Gasteiger partial charge in [0.1, 0.15) is 0 Å². The maximum absolute atomic E-state index is 9.89. The largest absolute Gasteiger partial charge is 0.307 e. The van der Waals surface area contributed by atoms with E-state index in [0.717, 1.165) is 0 Å². The van der Waals surface area contributed by atoms with E-state index in [-0.39, 0.29) is 0 Å². The van der Waals surface area contributed by atoms with Crippen molar-refractivity contribution in [1.29, 1.82) is 0 Å². The van der Waals surface area contributed by atoms with E-state index < -0.39 is 24.5 Å². The molecule has 6 nitrogen and oxygen atoms in total. The van der Waals surface area contributed by atoms with Crippen molar-refractivity contribution in [2.24, 2.45) is 0 Å². The Morgan fingerprint density at radius 3 is 1.23 bits per heavy atom. The van der Waals surface area contributed by atoms with E-state index in [1.165, 1.54) is 2.43 Å². The van der Waals surface area contributed by atoms with E-state index in [2.05, 4.69) is 51.8 Å². The minimum atomic E-state index is -4.89. The van der Waals surface area contributed by atoms with Gasteiger partial charge < -0.3 is 0 Å². The third-order valence-corrected chi connectivity index (χ3v) is 2.99. The molecule has 0 radical (unpaired) electrons. The molecule has 13 heavy (non-hydrogen) atoms. The molecule has 0 aromatic heterocycles. The van der Waals surface area contributed by atoms with Crippen molar-refractivity contribution in [2.75, 3.05) is 2.43 Å². The van der Waals surface area contributed by atoms with Gasteiger partial charge in [-0.25, -0.2) is 0 Å². The van der Waals surface area contributed by atoms with Gasteiger partial charge in [-0.2, -0.15) is 16.8 Å². The van der Waals surface area contributed by atoms with Crippen LogP contribution in [-0.2, 0) is 20.2 Å². The van der Waals surface area contributed by atoms with Crippen LogP contribution in [0.1, 0.15) is 0 Å². The fourth-order valence-electron chi connectivity index (χ4n) is 0.133. The van der Waals surface area contributed by atoms with Crippen molar-refractivity contribution in [3.8, 4) is 0 Å². The predicted octanol–water partition coefficient (Wildman–Crippen LogP) is 1.05. The molecular weight excluding hydrogens is 450 g/mol. The lowest BCUT2D eigenvalue weighted by Crippen LogP contribution is -2.10. The molecule has 0 bridgehead atoms. The topological polar surface area (TPSA) is 109 Å². The first-order valence-electron chi connectivity index (χ1n) is 2.33. The van der Waals surface area contributed by atoms with Gasteiger partial charge >= 0.3 is 20.2 Å². The number of hydrogen-bond acceptors (Lipinski definition) is 4. The number of rotatable bonds is 2. The Labute approximate surface area is 104 Å². The van der Waals surface area contributed by atoms with Crippen molar-refractivity contribution < 1.29 is 25.9 Å². The van der Waals surface area contributed by atoms with Crippen LogP contribution in [0.4, 0.5) is 0 Å². The highest BCUT2D eigenvalue weighted by Gasteiger charge is 2.23. The van der Waals surface area contributed by atoms with Gasteiger partial charge in [0.05, 0.1) is 2.43 Å². The summed E-state index contributed by atoms with van der Waals surface area (Å²) in [5.41, 5.74) is 0. The molecule has 0 atom stereocenters. The summed E-state index contributed by atoms with van der Waals surface area (Å²) in [5.74, 6) is 0. The second-order valence-corrected chi connectivity index (χ2v) is 9.01. The normalized spacial score (nSPS) is 11.4. The van der Waals surface area contributed by atoms with Gasteiger partial charge in [0.25, 0.3) is 0 Å². The molecule has 0 unspecified atom stereocenters. The average molecular weight is 456 g/mol. The summed E-state index contributed by atoms with van der Waals surface area (Å²) >= 11 is 4.55. The third-order valence-electron chi connectivity index (χ3n) is 0.575. The SMILES string of the molecule is C=C(S(=O)(=O)O)S(=O)(=O)O.ICI. The van der Waals surface area contributed by atoms with E-state index in [0.29, 0.717) is 0 Å². The second-order valence-electron chi connectivity index (χ2n) is 1.42. The summed E-state index contributed by atoms with van der Waals surface area (Å²) < 4.78 is 55.1. The predicted molar refractivity (Wildman–Crippen MR) is 65.1 cm³/mol. The standard InChI is InChI=1S/C2H4O6S2.CH2I2/c1-2(9(3,4)5)10(6,7)8;2-1-3/h1H2,(H,3,4,5)(H,6,7,8);1H2. The van der Waals surface area contributed by atoms with Crippen molar-refractivity contribution in [3.05, 3.63) is 10.8 Å². The Morgan fingerprint density at radius 2 is 1.23 bits per heavy atom. The van der Waals surface area contributed by atoms with Gasteiger partial charge in [-0.3, -0.25) is 9.11 Å². The molecule has 80 valence electrons. The fraction of sp³-hybridized carbons (Fsp3) is 0.333. The maximum atomic E-state index is 9.89. The van der Waals surface area contributed by atoms with Gasteiger partial charge in [0.15, 0.2) is 0 Å². The fourth-order valence-corrected chi connectivity index (χ4v) is 1.20. The molecule has 0 aliphatic heterocycles. The smallest absolute Gasteiger partial charge is 0.281 e. The zero-order valence-corrected chi connectivity index (χ0v) is 12.0. The molecule has 0 aromatic carbocycles. The molecule has 0 heterocycles. The van der Waals surface area contributed by atoms with Crippen LogP contribution in [-0.4, -0.2) is 28.4 Å². The lowest BCUT2D eigenvalue weighted by molar-refractivity contribution is 0.480. The van der Waals surface area contributed by atoms with Crippen LogP contribution in [0, 0.1) is 0 Å². The number of hydrogen-bond donors (Lipinski definition) is 2. The summed E-state index contributed by atoms with van der Waals surface area (Å²) in [6, 6.07) is 0. The van der Waals surface area contributed by atoms with Crippen LogP contribution in [0.15, 0.2) is 10.8 Å². The number of halogens is 2. The maximum Gasteiger partial charge on any atom is 0.307 e. The van der Waals surface area contributed by atoms with Gasteiger partial charge in [-0.15, -0.1) is 0 Å². The highest BCUT2D eigenvalue weighted by Crippen LogP contribution is 2.06. The molecule has 0 aromatic rings. The molecule has 0 saturated carbocycles. The molecule has 0 spiro atoms. The zero-order chi connectivity index (χ0) is 11.3. The first-order chi connectivity index (χ1) is 5.57. The van der Waals surface area contributed by atoms with E-state index in [4.69, 9.17) is 9.11 Å². The van der Waals surface area contributed by atoms with E-state index >= 15 is 0 Å². The second kappa shape index (κ2) is 6.49. The Bertz CT molecular complexity index is 319. The minimum absolute atomic E-state index is 1.19. The lowest BCUT2D eigenvalue weighted by Gasteiger charge is -1.94. The van der Waals surface area contributed by atoms with Crippen LogP contribution in [0.2, 0.25) is 0 Å². The summed E-state index contributed by atoms with van der Waals surface area (Å²) in [6.45, 7) is 2.42. The number of alkyl halides is 2. The molecule has 10 heteroatoms. The van der Waals surface area contributed by atoms with Gasteiger partial charge in [-0.05, 0) is 0 Å². The van der Waals surface area contributed by atoms with Crippen LogP contribution in [0.25, 0.3) is 0 Å². The Morgan fingerprint density at radius 1 is 1.08 bits per heavy atom. The molecule has 0 aliphatic carbocycles. The summed E-state index contributed by atoms with van der Waals surface area (Å²) in [7, 11) is -9.79. The summed E-state index contributed by atoms with van der Waals surface area (Å²) in [4.78, 5) is 0. The van der Waals surface area contributed by atoms with E-state index in [1.807, 2.05) is 0 Å². The van der Waals surface area contributed by atoms with Gasteiger partial charge in [-0.1, -0.05) is 51.8 Å². The molecule has 2 N–H and O–H groups in total. The third kappa shape index (κ3) is 9.33. The zero-order valence-electron chi connectivity index (χ0n) is 6.01. The Balaban J connectivity index is 0. The van der Waals surface area contributed by atoms with Crippen LogP contribution in [0.3, 0.4) is 0 Å². The Kier molecular flexibility index (Phi) is 8.22. The van der Waals surface area contributed by atoms with Crippen molar-refractivity contribution in [1.82, 2.24) is 0 Å². The van der Waals surface area contributed by atoms with E-state index in [1.54, 1.807) is 0 Å². The minimum Gasteiger partial charge on any atom is -0.281 e. The van der Waals surface area contributed by atoms with Crippen LogP contribution >= 0.6 is 45.2 Å². The molecule has 0 rings (SSSR count). The summed E-state index contributed by atoms with van der Waals surface area (Å²) in [5, 5.41) is 0. The average Bonchev–Trinajstić information content (AvgIpc) is 1.84. The monoisotopic (exact) mass is 456 g/mol. The highest BCUT2D eigenvalue weighted by molar-refractivity contribution is 14.2. The molecule has 0 amide bonds. The van der Waals surface area contributed by atoms with Crippen LogP contribution in [0.5, 0.6) is 0 Å². The van der Waals surface area contributed by atoms with Crippen molar-refractivity contribution in [3.63, 3.8) is 0 Å². The van der Waals surface area contributed by atoms with Crippen molar-refractivity contribution >= 4 is 65.4 Å². The molecular formula is C3H6I2O6S2. The van der Waals surface area contributed by atoms with Crippen LogP contribution < -0.4 is 0 Å². The lowest BCUT2D eigenvalue weighted by atomic mass is 11.3. The van der Waals surface area contributed by atoms with Crippen molar-refractivity contribution in [2.45, 2.75) is 0 Å². The Hall–Kier alpha value is 1.02. The first kappa shape index (κ1) is 16.4. The highest BCUT2D eigenvalue weighted by atomic mass is 127. The summed E-state index contributed by atoms with van der Waals surface area (Å²) in [6.07, 6.45) is 0. The first-order valence-corrected chi connectivity index (χ1v) is 8.26. The quantitative estimate of drug-likeness (QED) is 0.366. The van der Waals surface area contributed by atoms with E-state index in [9.17, 15) is 16.8 Å².